The zero-order chi connectivity index (χ0) is 14.0. The minimum atomic E-state index is -0.739. The van der Waals surface area contributed by atoms with Gasteiger partial charge in [0.15, 0.2) is 0 Å². The van der Waals surface area contributed by atoms with Crippen LogP contribution in [0, 0.1) is 5.82 Å². The number of amides is 1. The average Bonchev–Trinajstić information content (AvgIpc) is 2.35. The maximum atomic E-state index is 13.5. The zero-order valence-electron chi connectivity index (χ0n) is 9.72. The Labute approximate surface area is 108 Å². The van der Waals surface area contributed by atoms with E-state index in [0.717, 1.165) is 12.1 Å². The summed E-state index contributed by atoms with van der Waals surface area (Å²) in [4.78, 5) is 11.8. The molecule has 2 aromatic rings. The predicted octanol–water partition coefficient (Wildman–Crippen LogP) is 2.07. The summed E-state index contributed by atoms with van der Waals surface area (Å²) in [5.41, 5.74) is 5.40. The first kappa shape index (κ1) is 12.7. The van der Waals surface area contributed by atoms with Crippen molar-refractivity contribution in [1.29, 1.82) is 0 Å². The van der Waals surface area contributed by atoms with E-state index in [4.69, 9.17) is 5.73 Å². The van der Waals surface area contributed by atoms with E-state index in [2.05, 4.69) is 5.32 Å². The van der Waals surface area contributed by atoms with Crippen LogP contribution in [0.2, 0.25) is 0 Å². The number of carbonyl (C=O) groups excluding carboxylic acids is 1. The molecule has 98 valence electrons. The first-order chi connectivity index (χ1) is 8.97. The molecule has 2 aromatic carbocycles. The first-order valence-corrected chi connectivity index (χ1v) is 5.36. The Balaban J connectivity index is 2.28. The van der Waals surface area contributed by atoms with Crippen LogP contribution in [0.3, 0.4) is 0 Å². The van der Waals surface area contributed by atoms with E-state index >= 15 is 0 Å². The van der Waals surface area contributed by atoms with E-state index in [-0.39, 0.29) is 28.4 Å². The van der Waals surface area contributed by atoms with Crippen molar-refractivity contribution in [3.63, 3.8) is 0 Å². The van der Waals surface area contributed by atoms with Gasteiger partial charge in [0.25, 0.3) is 5.91 Å². The molecule has 0 heterocycles. The molecule has 0 saturated heterocycles. The van der Waals surface area contributed by atoms with Gasteiger partial charge in [-0.3, -0.25) is 4.79 Å². The summed E-state index contributed by atoms with van der Waals surface area (Å²) in [7, 11) is 0. The summed E-state index contributed by atoms with van der Waals surface area (Å²) in [5, 5.41) is 21.1. The molecule has 19 heavy (non-hydrogen) atoms. The van der Waals surface area contributed by atoms with Crippen molar-refractivity contribution in [3.05, 3.63) is 47.8 Å². The molecule has 5 nitrogen and oxygen atoms in total. The number of rotatable bonds is 2. The molecule has 0 spiro atoms. The number of benzene rings is 2. The second kappa shape index (κ2) is 4.85. The van der Waals surface area contributed by atoms with Crippen LogP contribution in [0.4, 0.5) is 15.8 Å². The van der Waals surface area contributed by atoms with Crippen molar-refractivity contribution in [2.24, 2.45) is 0 Å². The number of nitrogen functional groups attached to an aromatic ring is 1. The molecular formula is C13H11FN2O3. The van der Waals surface area contributed by atoms with Gasteiger partial charge >= 0.3 is 0 Å². The number of carbonyl (C=O) groups is 1. The average molecular weight is 262 g/mol. The molecule has 0 radical (unpaired) electrons. The molecule has 0 aliphatic heterocycles. The topological polar surface area (TPSA) is 95.6 Å². The van der Waals surface area contributed by atoms with Gasteiger partial charge in [-0.25, -0.2) is 4.39 Å². The zero-order valence-corrected chi connectivity index (χ0v) is 9.72. The molecular weight excluding hydrogens is 251 g/mol. The summed E-state index contributed by atoms with van der Waals surface area (Å²) in [5.74, 6) is -1.92. The Morgan fingerprint density at radius 1 is 1.16 bits per heavy atom. The molecule has 0 fully saturated rings. The molecule has 0 atom stereocenters. The van der Waals surface area contributed by atoms with Crippen molar-refractivity contribution < 1.29 is 19.4 Å². The molecule has 1 amide bonds. The maximum Gasteiger partial charge on any atom is 0.259 e. The molecule has 0 aromatic heterocycles. The minimum Gasteiger partial charge on any atom is -0.508 e. The molecule has 6 heteroatoms. The van der Waals surface area contributed by atoms with Crippen LogP contribution in [0.5, 0.6) is 11.5 Å². The summed E-state index contributed by atoms with van der Waals surface area (Å²) >= 11 is 0. The predicted molar refractivity (Wildman–Crippen MR) is 68.5 cm³/mol. The van der Waals surface area contributed by atoms with E-state index in [1.54, 1.807) is 0 Å². The number of phenolic OH excluding ortho intramolecular Hbond substituents is 2. The summed E-state index contributed by atoms with van der Waals surface area (Å²) in [6.07, 6.45) is 0. The molecule has 0 saturated carbocycles. The maximum absolute atomic E-state index is 13.5. The van der Waals surface area contributed by atoms with Gasteiger partial charge in [0.1, 0.15) is 17.3 Å². The molecule has 0 aliphatic rings. The second-order valence-corrected chi connectivity index (χ2v) is 3.89. The number of hydrogen-bond donors (Lipinski definition) is 4. The largest absolute Gasteiger partial charge is 0.508 e. The van der Waals surface area contributed by atoms with Gasteiger partial charge < -0.3 is 21.3 Å². The standard InChI is InChI=1S/C13H11FN2O3/c14-10-5-7(15)1-3-11(10)16-13(19)9-6-8(17)2-4-12(9)18/h1-6,17-18H,15H2,(H,16,19). The van der Waals surface area contributed by atoms with Crippen LogP contribution < -0.4 is 11.1 Å². The van der Waals surface area contributed by atoms with Crippen LogP contribution >= 0.6 is 0 Å². The third-order valence-corrected chi connectivity index (χ3v) is 2.47. The minimum absolute atomic E-state index is 0.0676. The Bertz CT molecular complexity index is 644. The van der Waals surface area contributed by atoms with Gasteiger partial charge in [0, 0.05) is 5.69 Å². The Morgan fingerprint density at radius 2 is 1.89 bits per heavy atom. The number of nitrogens with one attached hydrogen (secondary N) is 1. The van der Waals surface area contributed by atoms with Crippen LogP contribution in [0.15, 0.2) is 36.4 Å². The van der Waals surface area contributed by atoms with Crippen LogP contribution in [0.1, 0.15) is 10.4 Å². The van der Waals surface area contributed by atoms with Gasteiger partial charge in [-0.1, -0.05) is 0 Å². The lowest BCUT2D eigenvalue weighted by Gasteiger charge is -2.08. The lowest BCUT2D eigenvalue weighted by molar-refractivity contribution is 0.102. The van der Waals surface area contributed by atoms with E-state index < -0.39 is 11.7 Å². The number of anilines is 2. The van der Waals surface area contributed by atoms with Gasteiger partial charge in [0.05, 0.1) is 11.3 Å². The first-order valence-electron chi connectivity index (χ1n) is 5.36. The quantitative estimate of drug-likeness (QED) is 0.492. The van der Waals surface area contributed by atoms with E-state index in [0.29, 0.717) is 0 Å². The second-order valence-electron chi connectivity index (χ2n) is 3.89. The smallest absolute Gasteiger partial charge is 0.259 e. The van der Waals surface area contributed by atoms with Gasteiger partial charge in [-0.15, -0.1) is 0 Å². The summed E-state index contributed by atoms with van der Waals surface area (Å²) in [6.45, 7) is 0. The van der Waals surface area contributed by atoms with E-state index in [1.165, 1.54) is 24.3 Å². The van der Waals surface area contributed by atoms with Crippen LogP contribution in [-0.4, -0.2) is 16.1 Å². The highest BCUT2D eigenvalue weighted by atomic mass is 19.1. The molecule has 2 rings (SSSR count). The molecule has 0 aliphatic carbocycles. The third kappa shape index (κ3) is 2.74. The van der Waals surface area contributed by atoms with Crippen LogP contribution in [-0.2, 0) is 0 Å². The lowest BCUT2D eigenvalue weighted by atomic mass is 10.1. The van der Waals surface area contributed by atoms with E-state index in [9.17, 15) is 19.4 Å². The Hall–Kier alpha value is -2.76. The number of nitrogens with two attached hydrogens (primary N) is 1. The van der Waals surface area contributed by atoms with Crippen LogP contribution in [0.25, 0.3) is 0 Å². The summed E-state index contributed by atoms with van der Waals surface area (Å²) < 4.78 is 13.5. The number of hydrogen-bond acceptors (Lipinski definition) is 4. The number of phenols is 2. The Kier molecular flexibility index (Phi) is 3.24. The van der Waals surface area contributed by atoms with Crippen molar-refractivity contribution in [3.8, 4) is 11.5 Å². The highest BCUT2D eigenvalue weighted by Gasteiger charge is 2.14. The van der Waals surface area contributed by atoms with Crippen molar-refractivity contribution in [1.82, 2.24) is 0 Å². The van der Waals surface area contributed by atoms with E-state index in [1.807, 2.05) is 0 Å². The number of aromatic hydroxyl groups is 2. The summed E-state index contributed by atoms with van der Waals surface area (Å²) in [6, 6.07) is 7.29. The highest BCUT2D eigenvalue weighted by molar-refractivity contribution is 6.06. The number of halogens is 1. The van der Waals surface area contributed by atoms with Crippen molar-refractivity contribution in [2.45, 2.75) is 0 Å². The molecule has 0 unspecified atom stereocenters. The van der Waals surface area contributed by atoms with Crippen molar-refractivity contribution >= 4 is 17.3 Å². The van der Waals surface area contributed by atoms with Gasteiger partial charge in [-0.2, -0.15) is 0 Å². The SMILES string of the molecule is Nc1ccc(NC(=O)c2cc(O)ccc2O)c(F)c1. The van der Waals surface area contributed by atoms with Crippen molar-refractivity contribution in [2.75, 3.05) is 11.1 Å². The molecule has 5 N–H and O–H groups in total. The van der Waals surface area contributed by atoms with Gasteiger partial charge in [0.2, 0.25) is 0 Å². The monoisotopic (exact) mass is 262 g/mol. The highest BCUT2D eigenvalue weighted by Crippen LogP contribution is 2.24. The normalized spacial score (nSPS) is 10.2. The Morgan fingerprint density at radius 3 is 2.58 bits per heavy atom. The fourth-order valence-electron chi connectivity index (χ4n) is 1.53. The fourth-order valence-corrected chi connectivity index (χ4v) is 1.53. The lowest BCUT2D eigenvalue weighted by Crippen LogP contribution is -2.13. The third-order valence-electron chi connectivity index (χ3n) is 2.47. The van der Waals surface area contributed by atoms with Gasteiger partial charge in [-0.05, 0) is 36.4 Å². The fraction of sp³-hybridized carbons (Fsp3) is 0. The molecule has 0 bridgehead atoms.